The Labute approximate surface area is 265 Å². The van der Waals surface area contributed by atoms with Crippen molar-refractivity contribution in [1.82, 2.24) is 9.80 Å². The molecule has 0 saturated carbocycles. The highest BCUT2D eigenvalue weighted by molar-refractivity contribution is 6.06. The molecule has 0 spiro atoms. The van der Waals surface area contributed by atoms with Gasteiger partial charge in [0, 0.05) is 44.8 Å². The first-order valence-corrected chi connectivity index (χ1v) is 16.0. The fraction of sp³-hybridized carbons (Fsp3) is 0.429. The summed E-state index contributed by atoms with van der Waals surface area (Å²) in [7, 11) is 0. The first-order chi connectivity index (χ1) is 22.0. The number of hydrogen-bond donors (Lipinski definition) is 2. The van der Waals surface area contributed by atoms with Gasteiger partial charge in [-0.15, -0.1) is 0 Å². The van der Waals surface area contributed by atoms with Crippen LogP contribution < -0.4 is 25.4 Å². The summed E-state index contributed by atoms with van der Waals surface area (Å²) in [5.74, 6) is 1.70. The Kier molecular flexibility index (Phi) is 9.71. The minimum atomic E-state index is -0.206. The predicted octanol–water partition coefficient (Wildman–Crippen LogP) is 5.17. The predicted molar refractivity (Wildman–Crippen MR) is 175 cm³/mol. The van der Waals surface area contributed by atoms with Gasteiger partial charge in [-0.3, -0.25) is 4.79 Å². The SMILES string of the molecule is CC1CCN(c2ccc(-c3cccc(CN(CCCN)C(=O)N4CCOCC4)c3)cc2NC(=O)c2ccc3c(c2)OCO3)CC1. The molecular weight excluding hydrogens is 570 g/mol. The molecule has 0 bridgehead atoms. The van der Waals surface area contributed by atoms with E-state index in [1.165, 1.54) is 0 Å². The number of carbonyl (C=O) groups is 2. The van der Waals surface area contributed by atoms with Crippen molar-refractivity contribution in [2.24, 2.45) is 11.7 Å². The Morgan fingerprint density at radius 2 is 1.71 bits per heavy atom. The molecule has 0 atom stereocenters. The molecule has 238 valence electrons. The lowest BCUT2D eigenvalue weighted by Crippen LogP contribution is -2.48. The summed E-state index contributed by atoms with van der Waals surface area (Å²) >= 11 is 0. The zero-order valence-corrected chi connectivity index (χ0v) is 26.0. The summed E-state index contributed by atoms with van der Waals surface area (Å²) in [4.78, 5) is 33.0. The Morgan fingerprint density at radius 1 is 0.933 bits per heavy atom. The van der Waals surface area contributed by atoms with Gasteiger partial charge in [-0.05, 0) is 84.8 Å². The molecule has 3 aliphatic rings. The zero-order valence-electron chi connectivity index (χ0n) is 26.0. The molecule has 3 heterocycles. The minimum absolute atomic E-state index is 0.0193. The molecule has 2 saturated heterocycles. The number of anilines is 2. The molecule has 10 nitrogen and oxygen atoms in total. The molecule has 3 N–H and O–H groups in total. The average Bonchev–Trinajstić information content (AvgIpc) is 3.55. The lowest BCUT2D eigenvalue weighted by Gasteiger charge is -2.33. The number of nitrogens with two attached hydrogens (primary N) is 1. The van der Waals surface area contributed by atoms with Crippen molar-refractivity contribution in [3.8, 4) is 22.6 Å². The highest BCUT2D eigenvalue weighted by Gasteiger charge is 2.24. The van der Waals surface area contributed by atoms with Gasteiger partial charge >= 0.3 is 6.03 Å². The Bertz CT molecular complexity index is 1500. The lowest BCUT2D eigenvalue weighted by atomic mass is 9.97. The number of nitrogens with zero attached hydrogens (tertiary/aromatic N) is 3. The number of urea groups is 1. The van der Waals surface area contributed by atoms with Gasteiger partial charge in [0.1, 0.15) is 0 Å². The zero-order chi connectivity index (χ0) is 31.2. The molecule has 6 rings (SSSR count). The monoisotopic (exact) mass is 613 g/mol. The van der Waals surface area contributed by atoms with E-state index in [0.29, 0.717) is 68.9 Å². The second-order valence-corrected chi connectivity index (χ2v) is 12.1. The molecule has 0 aliphatic carbocycles. The summed E-state index contributed by atoms with van der Waals surface area (Å²) < 4.78 is 16.4. The second kappa shape index (κ2) is 14.2. The Balaban J connectivity index is 1.26. The van der Waals surface area contributed by atoms with E-state index >= 15 is 0 Å². The first-order valence-electron chi connectivity index (χ1n) is 16.0. The normalized spacial score (nSPS) is 16.5. The summed E-state index contributed by atoms with van der Waals surface area (Å²) in [5, 5.41) is 3.20. The highest BCUT2D eigenvalue weighted by atomic mass is 16.7. The lowest BCUT2D eigenvalue weighted by molar-refractivity contribution is 0.0425. The van der Waals surface area contributed by atoms with Crippen molar-refractivity contribution in [3.63, 3.8) is 0 Å². The van der Waals surface area contributed by atoms with E-state index < -0.39 is 0 Å². The maximum absolute atomic E-state index is 13.5. The standard InChI is InChI=1S/C35H43N5O5/c1-25-10-14-38(15-11-25)31-8-6-28(21-30(31)37-34(41)29-7-9-32-33(22-29)45-24-44-32)27-5-2-4-26(20-27)23-40(13-3-12-36)35(42)39-16-18-43-19-17-39/h2,4-9,20-22,25H,3,10-19,23-24,36H2,1H3,(H,37,41). The smallest absolute Gasteiger partial charge is 0.320 e. The van der Waals surface area contributed by atoms with Crippen LogP contribution in [0.5, 0.6) is 11.5 Å². The van der Waals surface area contributed by atoms with E-state index in [1.807, 2.05) is 15.9 Å². The van der Waals surface area contributed by atoms with Crippen LogP contribution in [0.4, 0.5) is 16.2 Å². The number of ether oxygens (including phenoxy) is 3. The third-order valence-corrected chi connectivity index (χ3v) is 8.82. The van der Waals surface area contributed by atoms with Crippen LogP contribution in [0.2, 0.25) is 0 Å². The number of nitrogens with one attached hydrogen (secondary N) is 1. The highest BCUT2D eigenvalue weighted by Crippen LogP contribution is 2.36. The fourth-order valence-corrected chi connectivity index (χ4v) is 6.12. The van der Waals surface area contributed by atoms with Crippen LogP contribution in [0.15, 0.2) is 60.7 Å². The van der Waals surface area contributed by atoms with E-state index in [0.717, 1.165) is 60.4 Å². The van der Waals surface area contributed by atoms with Gasteiger partial charge in [0.2, 0.25) is 6.79 Å². The number of hydrogen-bond acceptors (Lipinski definition) is 7. The second-order valence-electron chi connectivity index (χ2n) is 12.1. The number of benzene rings is 3. The van der Waals surface area contributed by atoms with Gasteiger partial charge in [0.25, 0.3) is 5.91 Å². The van der Waals surface area contributed by atoms with Crippen LogP contribution in [0, 0.1) is 5.92 Å². The molecule has 0 radical (unpaired) electrons. The van der Waals surface area contributed by atoms with Crippen molar-refractivity contribution in [1.29, 1.82) is 0 Å². The fourth-order valence-electron chi connectivity index (χ4n) is 6.12. The molecule has 2 fully saturated rings. The van der Waals surface area contributed by atoms with Crippen molar-refractivity contribution >= 4 is 23.3 Å². The molecule has 3 amide bonds. The molecule has 3 aliphatic heterocycles. The van der Waals surface area contributed by atoms with Crippen LogP contribution in [0.25, 0.3) is 11.1 Å². The van der Waals surface area contributed by atoms with Crippen molar-refractivity contribution < 1.29 is 23.8 Å². The summed E-state index contributed by atoms with van der Waals surface area (Å²) in [6.07, 6.45) is 2.96. The van der Waals surface area contributed by atoms with Crippen LogP contribution in [0.1, 0.15) is 42.1 Å². The largest absolute Gasteiger partial charge is 0.454 e. The number of morpholine rings is 1. The average molecular weight is 614 g/mol. The molecule has 0 unspecified atom stereocenters. The Morgan fingerprint density at radius 3 is 2.51 bits per heavy atom. The number of amides is 3. The van der Waals surface area contributed by atoms with E-state index in [-0.39, 0.29) is 18.7 Å². The molecule has 3 aromatic rings. The number of carbonyl (C=O) groups excluding carboxylic acids is 2. The van der Waals surface area contributed by atoms with Gasteiger partial charge in [0.15, 0.2) is 11.5 Å². The van der Waals surface area contributed by atoms with E-state index in [2.05, 4.69) is 53.5 Å². The van der Waals surface area contributed by atoms with Crippen molar-refractivity contribution in [2.45, 2.75) is 32.7 Å². The maximum atomic E-state index is 13.5. The molecule has 3 aromatic carbocycles. The minimum Gasteiger partial charge on any atom is -0.454 e. The third kappa shape index (κ3) is 7.34. The van der Waals surface area contributed by atoms with E-state index in [9.17, 15) is 9.59 Å². The molecule has 45 heavy (non-hydrogen) atoms. The first kappa shape index (κ1) is 30.7. The Hall–Kier alpha value is -4.28. The van der Waals surface area contributed by atoms with Gasteiger partial charge in [0.05, 0.1) is 24.6 Å². The number of rotatable bonds is 9. The molecule has 10 heteroatoms. The van der Waals surface area contributed by atoms with Gasteiger partial charge in [-0.1, -0.05) is 31.2 Å². The summed E-state index contributed by atoms with van der Waals surface area (Å²) in [6, 6.07) is 19.8. The van der Waals surface area contributed by atoms with Crippen LogP contribution in [-0.4, -0.2) is 81.0 Å². The van der Waals surface area contributed by atoms with Crippen LogP contribution >= 0.6 is 0 Å². The summed E-state index contributed by atoms with van der Waals surface area (Å²) in [5.41, 5.74) is 11.1. The van der Waals surface area contributed by atoms with Crippen molar-refractivity contribution in [2.75, 3.05) is 69.5 Å². The third-order valence-electron chi connectivity index (χ3n) is 8.82. The summed E-state index contributed by atoms with van der Waals surface area (Å²) in [6.45, 7) is 8.26. The van der Waals surface area contributed by atoms with Gasteiger partial charge in [-0.2, -0.15) is 0 Å². The van der Waals surface area contributed by atoms with Gasteiger partial charge in [-0.25, -0.2) is 4.79 Å². The quantitative estimate of drug-likeness (QED) is 0.343. The van der Waals surface area contributed by atoms with Crippen LogP contribution in [-0.2, 0) is 11.3 Å². The topological polar surface area (TPSA) is 110 Å². The molecular formula is C35H43N5O5. The van der Waals surface area contributed by atoms with Crippen molar-refractivity contribution in [3.05, 3.63) is 71.8 Å². The number of fused-ring (bicyclic) bond motifs is 1. The van der Waals surface area contributed by atoms with E-state index in [4.69, 9.17) is 19.9 Å². The van der Waals surface area contributed by atoms with E-state index in [1.54, 1.807) is 18.2 Å². The number of piperidine rings is 1. The van der Waals surface area contributed by atoms with Gasteiger partial charge < -0.3 is 40.0 Å². The molecule has 0 aromatic heterocycles. The maximum Gasteiger partial charge on any atom is 0.320 e. The van der Waals surface area contributed by atoms with Crippen LogP contribution in [0.3, 0.4) is 0 Å².